The van der Waals surface area contributed by atoms with E-state index in [0.29, 0.717) is 34.6 Å². The zero-order chi connectivity index (χ0) is 25.9. The number of imidazole rings is 1. The van der Waals surface area contributed by atoms with Gasteiger partial charge in [-0.2, -0.15) is 0 Å². The number of allylic oxidation sites excluding steroid dienone is 1. The molecule has 2 amide bonds. The van der Waals surface area contributed by atoms with Gasteiger partial charge in [0.25, 0.3) is 11.8 Å². The molecule has 190 valence electrons. The zero-order valence-corrected chi connectivity index (χ0v) is 21.0. The van der Waals surface area contributed by atoms with Crippen molar-refractivity contribution in [1.29, 1.82) is 0 Å². The van der Waals surface area contributed by atoms with Crippen LogP contribution in [0.2, 0.25) is 0 Å². The lowest BCUT2D eigenvalue weighted by Gasteiger charge is -2.57. The number of carbonyl (C=O) groups is 2. The molecule has 2 aromatic carbocycles. The second-order valence-corrected chi connectivity index (χ2v) is 11.2. The molecule has 7 heteroatoms. The molecule has 2 heterocycles. The maximum atomic E-state index is 13.2. The summed E-state index contributed by atoms with van der Waals surface area (Å²) in [7, 11) is 0. The summed E-state index contributed by atoms with van der Waals surface area (Å²) in [5, 5.41) is 6.23. The minimum Gasteiger partial charge on any atom is -0.347 e. The van der Waals surface area contributed by atoms with Gasteiger partial charge in [-0.05, 0) is 92.3 Å². The van der Waals surface area contributed by atoms with Crippen LogP contribution in [0.1, 0.15) is 52.8 Å². The van der Waals surface area contributed by atoms with E-state index in [2.05, 4.69) is 32.2 Å². The zero-order valence-electron chi connectivity index (χ0n) is 21.0. The van der Waals surface area contributed by atoms with Gasteiger partial charge in [0.15, 0.2) is 0 Å². The molecule has 3 N–H and O–H groups in total. The molecule has 4 aliphatic carbocycles. The molecular formula is C31H29N5O2. The SMILES string of the molecule is C=C1C2CC3CC1CC(NC(=O)c1ccc(-c4nc5ccc(C(=O)Nc6ccccn6)cc5[nH]4)cc1)(C3)C2. The van der Waals surface area contributed by atoms with Crippen LogP contribution in [-0.2, 0) is 0 Å². The smallest absolute Gasteiger partial charge is 0.256 e. The molecule has 38 heavy (non-hydrogen) atoms. The highest BCUT2D eigenvalue weighted by atomic mass is 16.2. The molecule has 0 radical (unpaired) electrons. The van der Waals surface area contributed by atoms with Crippen LogP contribution in [0.4, 0.5) is 5.82 Å². The Bertz CT molecular complexity index is 1560. The molecule has 8 rings (SSSR count). The van der Waals surface area contributed by atoms with Crippen molar-refractivity contribution in [1.82, 2.24) is 20.3 Å². The van der Waals surface area contributed by atoms with Crippen LogP contribution in [0.3, 0.4) is 0 Å². The number of nitrogens with zero attached hydrogens (tertiary/aromatic N) is 2. The van der Waals surface area contributed by atoms with Gasteiger partial charge in [-0.25, -0.2) is 9.97 Å². The molecule has 0 aliphatic heterocycles. The largest absolute Gasteiger partial charge is 0.347 e. The van der Waals surface area contributed by atoms with Crippen LogP contribution in [0, 0.1) is 17.8 Å². The lowest BCUT2D eigenvalue weighted by atomic mass is 9.51. The van der Waals surface area contributed by atoms with Gasteiger partial charge in [0.05, 0.1) is 11.0 Å². The maximum absolute atomic E-state index is 13.2. The number of amides is 2. The molecule has 4 saturated carbocycles. The first-order valence-electron chi connectivity index (χ1n) is 13.3. The highest BCUT2D eigenvalue weighted by Crippen LogP contribution is 2.57. The van der Waals surface area contributed by atoms with E-state index < -0.39 is 0 Å². The summed E-state index contributed by atoms with van der Waals surface area (Å²) >= 11 is 0. The first-order chi connectivity index (χ1) is 18.4. The van der Waals surface area contributed by atoms with Gasteiger partial charge in [-0.15, -0.1) is 0 Å². The number of aromatic nitrogens is 3. The van der Waals surface area contributed by atoms with E-state index in [1.165, 1.54) is 18.4 Å². The number of carbonyl (C=O) groups excluding carboxylic acids is 2. The minimum atomic E-state index is -0.236. The van der Waals surface area contributed by atoms with Crippen molar-refractivity contribution in [2.75, 3.05) is 5.32 Å². The molecule has 4 aliphatic rings. The number of hydrogen-bond donors (Lipinski definition) is 3. The van der Waals surface area contributed by atoms with Gasteiger partial charge in [0.1, 0.15) is 11.6 Å². The quantitative estimate of drug-likeness (QED) is 0.302. The summed E-state index contributed by atoms with van der Waals surface area (Å²) in [4.78, 5) is 38.0. The van der Waals surface area contributed by atoms with Crippen LogP contribution in [0.15, 0.2) is 79.0 Å². The van der Waals surface area contributed by atoms with Crippen LogP contribution >= 0.6 is 0 Å². The fraction of sp³-hybridized carbons (Fsp3) is 0.290. The molecule has 4 aromatic rings. The number of aromatic amines is 1. The molecular weight excluding hydrogens is 474 g/mol. The Morgan fingerprint density at radius 3 is 2.42 bits per heavy atom. The molecule has 2 unspecified atom stereocenters. The molecule has 4 fully saturated rings. The topological polar surface area (TPSA) is 99.8 Å². The second kappa shape index (κ2) is 8.65. The fourth-order valence-electron chi connectivity index (χ4n) is 7.04. The Labute approximate surface area is 220 Å². The van der Waals surface area contributed by atoms with E-state index >= 15 is 0 Å². The van der Waals surface area contributed by atoms with Crippen molar-refractivity contribution < 1.29 is 9.59 Å². The lowest BCUT2D eigenvalue weighted by molar-refractivity contribution is 0.0215. The Balaban J connectivity index is 1.06. The minimum absolute atomic E-state index is 0.00252. The molecule has 2 atom stereocenters. The lowest BCUT2D eigenvalue weighted by Crippen LogP contribution is -2.60. The van der Waals surface area contributed by atoms with E-state index in [0.717, 1.165) is 41.8 Å². The standard InChI is InChI=1S/C31H29N5O2/c1-18-23-12-19-13-24(18)17-31(15-19,16-23)36-30(38)21-7-5-20(6-8-21)28-33-25-10-9-22(14-26(25)34-28)29(37)35-27-4-2-3-11-32-27/h2-11,14,19,23-24H,1,12-13,15-17H2,(H,33,34)(H,36,38)(H,32,35,37). The maximum Gasteiger partial charge on any atom is 0.256 e. The number of benzene rings is 2. The average Bonchev–Trinajstić information content (AvgIpc) is 3.35. The Hall–Kier alpha value is -4.26. The third-order valence-corrected chi connectivity index (χ3v) is 8.69. The van der Waals surface area contributed by atoms with Crippen molar-refractivity contribution in [3.63, 3.8) is 0 Å². The monoisotopic (exact) mass is 503 g/mol. The Morgan fingerprint density at radius 1 is 0.921 bits per heavy atom. The Kier molecular flexibility index (Phi) is 5.21. The van der Waals surface area contributed by atoms with Crippen LogP contribution in [-0.4, -0.2) is 32.3 Å². The highest BCUT2D eigenvalue weighted by Gasteiger charge is 2.53. The van der Waals surface area contributed by atoms with Crippen LogP contribution < -0.4 is 10.6 Å². The van der Waals surface area contributed by atoms with E-state index in [1.54, 1.807) is 30.5 Å². The van der Waals surface area contributed by atoms with Gasteiger partial charge in [-0.1, -0.05) is 30.4 Å². The van der Waals surface area contributed by atoms with Gasteiger partial charge in [0, 0.05) is 28.4 Å². The first kappa shape index (κ1) is 22.9. The van der Waals surface area contributed by atoms with Crippen molar-refractivity contribution in [2.24, 2.45) is 17.8 Å². The molecule has 0 saturated heterocycles. The van der Waals surface area contributed by atoms with Crippen molar-refractivity contribution in [2.45, 2.75) is 37.6 Å². The number of H-pyrrole nitrogens is 1. The number of nitrogens with one attached hydrogen (secondary N) is 3. The highest BCUT2D eigenvalue weighted by molar-refractivity contribution is 6.05. The average molecular weight is 504 g/mol. The van der Waals surface area contributed by atoms with E-state index in [9.17, 15) is 9.59 Å². The molecule has 0 spiro atoms. The molecule has 4 bridgehead atoms. The third-order valence-electron chi connectivity index (χ3n) is 8.69. The van der Waals surface area contributed by atoms with Gasteiger partial charge >= 0.3 is 0 Å². The van der Waals surface area contributed by atoms with Crippen LogP contribution in [0.5, 0.6) is 0 Å². The number of fused-ring (bicyclic) bond motifs is 1. The predicted molar refractivity (Wildman–Crippen MR) is 147 cm³/mol. The second-order valence-electron chi connectivity index (χ2n) is 11.2. The number of rotatable bonds is 5. The molecule has 2 aromatic heterocycles. The Morgan fingerprint density at radius 2 is 1.68 bits per heavy atom. The summed E-state index contributed by atoms with van der Waals surface area (Å²) < 4.78 is 0. The van der Waals surface area contributed by atoms with E-state index in [-0.39, 0.29) is 17.4 Å². The number of hydrogen-bond acceptors (Lipinski definition) is 4. The third kappa shape index (κ3) is 3.99. The number of pyridine rings is 1. The predicted octanol–water partition coefficient (Wildman–Crippen LogP) is 5.74. The van der Waals surface area contributed by atoms with E-state index in [4.69, 9.17) is 0 Å². The van der Waals surface area contributed by atoms with Gasteiger partial charge in [0.2, 0.25) is 0 Å². The summed E-state index contributed by atoms with van der Waals surface area (Å²) in [6, 6.07) is 18.3. The van der Waals surface area contributed by atoms with Crippen molar-refractivity contribution in [3.05, 3.63) is 90.1 Å². The summed E-state index contributed by atoms with van der Waals surface area (Å²) in [6.07, 6.45) is 7.28. The van der Waals surface area contributed by atoms with Crippen molar-refractivity contribution >= 4 is 28.7 Å². The molecule has 7 nitrogen and oxygen atoms in total. The fourth-order valence-corrected chi connectivity index (χ4v) is 7.04. The number of anilines is 1. The van der Waals surface area contributed by atoms with Gasteiger partial charge in [-0.3, -0.25) is 9.59 Å². The first-order valence-corrected chi connectivity index (χ1v) is 13.3. The summed E-state index contributed by atoms with van der Waals surface area (Å²) in [6.45, 7) is 4.36. The van der Waals surface area contributed by atoms with Crippen molar-refractivity contribution in [3.8, 4) is 11.4 Å². The summed E-state index contributed by atoms with van der Waals surface area (Å²) in [5.41, 5.74) is 4.92. The van der Waals surface area contributed by atoms with E-state index in [1.807, 2.05) is 36.4 Å². The normalized spacial score (nSPS) is 25.5. The van der Waals surface area contributed by atoms with Crippen LogP contribution in [0.25, 0.3) is 22.4 Å². The summed E-state index contributed by atoms with van der Waals surface area (Å²) in [5.74, 6) is 2.81. The van der Waals surface area contributed by atoms with Gasteiger partial charge < -0.3 is 15.6 Å².